The van der Waals surface area contributed by atoms with E-state index in [1.54, 1.807) is 0 Å². The van der Waals surface area contributed by atoms with Gasteiger partial charge in [0, 0.05) is 30.3 Å². The zero-order valence-electron chi connectivity index (χ0n) is 14.4. The van der Waals surface area contributed by atoms with E-state index >= 15 is 0 Å². The molecule has 2 fully saturated rings. The van der Waals surface area contributed by atoms with Crippen molar-refractivity contribution in [1.29, 1.82) is 0 Å². The molecule has 0 spiro atoms. The first-order valence-corrected chi connectivity index (χ1v) is 9.01. The number of carbonyl (C=O) groups is 1. The molecule has 2 bridgehead atoms. The van der Waals surface area contributed by atoms with Gasteiger partial charge in [-0.25, -0.2) is 0 Å². The quantitative estimate of drug-likeness (QED) is 0.725. The number of fused-ring (bicyclic) bond motifs is 2. The normalized spacial score (nSPS) is 25.0. The topological polar surface area (TPSA) is 50.4 Å². The molecule has 2 atom stereocenters. The van der Waals surface area contributed by atoms with Crippen LogP contribution in [0.4, 0.5) is 5.69 Å². The Morgan fingerprint density at radius 1 is 1.29 bits per heavy atom. The van der Waals surface area contributed by atoms with Crippen molar-refractivity contribution in [3.05, 3.63) is 24.3 Å². The van der Waals surface area contributed by atoms with Gasteiger partial charge in [0.25, 0.3) is 0 Å². The van der Waals surface area contributed by atoms with Gasteiger partial charge in [0.05, 0.1) is 6.61 Å². The molecule has 0 saturated carbocycles. The lowest BCUT2D eigenvalue weighted by Crippen LogP contribution is -2.39. The fourth-order valence-electron chi connectivity index (χ4n) is 3.81. The third kappa shape index (κ3) is 5.38. The Morgan fingerprint density at radius 2 is 2.04 bits per heavy atom. The summed E-state index contributed by atoms with van der Waals surface area (Å²) in [5.41, 5.74) is 0.834. The number of unbranched alkanes of at least 4 members (excludes halogenated alkanes) is 1. The maximum absolute atomic E-state index is 12.3. The maximum atomic E-state index is 12.3. The molecule has 1 amide bonds. The fourth-order valence-corrected chi connectivity index (χ4v) is 3.81. The lowest BCUT2D eigenvalue weighted by molar-refractivity contribution is -0.117. The molecule has 1 aromatic rings. The largest absolute Gasteiger partial charge is 0.494 e. The van der Waals surface area contributed by atoms with Crippen LogP contribution in [0.1, 0.15) is 51.9 Å². The van der Waals surface area contributed by atoms with E-state index in [1.807, 2.05) is 24.3 Å². The molecule has 24 heavy (non-hydrogen) atoms. The van der Waals surface area contributed by atoms with Gasteiger partial charge in [0.15, 0.2) is 0 Å². The summed E-state index contributed by atoms with van der Waals surface area (Å²) in [6, 6.07) is 9.00. The van der Waals surface area contributed by atoms with E-state index in [-0.39, 0.29) is 18.3 Å². The molecular weight excluding hydrogens is 324 g/mol. The van der Waals surface area contributed by atoms with Crippen LogP contribution in [0.3, 0.4) is 0 Å². The number of rotatable bonds is 7. The molecule has 2 saturated heterocycles. The molecule has 2 aliphatic rings. The van der Waals surface area contributed by atoms with Crippen LogP contribution in [0.15, 0.2) is 24.3 Å². The van der Waals surface area contributed by atoms with E-state index in [1.165, 1.54) is 12.8 Å². The van der Waals surface area contributed by atoms with Gasteiger partial charge < -0.3 is 15.4 Å². The molecule has 0 aliphatic carbocycles. The highest BCUT2D eigenvalue weighted by atomic mass is 35.5. The number of nitrogens with one attached hydrogen (secondary N) is 2. The molecule has 0 radical (unpaired) electrons. The van der Waals surface area contributed by atoms with Crippen molar-refractivity contribution in [3.8, 4) is 5.75 Å². The fraction of sp³-hybridized carbons (Fsp3) is 0.632. The molecule has 2 heterocycles. The van der Waals surface area contributed by atoms with Crippen LogP contribution in [0.25, 0.3) is 0 Å². The Morgan fingerprint density at radius 3 is 2.75 bits per heavy atom. The van der Waals surface area contributed by atoms with Gasteiger partial charge in [0.1, 0.15) is 5.75 Å². The number of benzene rings is 1. The summed E-state index contributed by atoms with van der Waals surface area (Å²) >= 11 is 0. The lowest BCUT2D eigenvalue weighted by Gasteiger charge is -2.28. The molecular formula is C19H29ClN2O2. The van der Waals surface area contributed by atoms with Crippen LogP contribution in [0, 0.1) is 5.92 Å². The summed E-state index contributed by atoms with van der Waals surface area (Å²) in [5.74, 6) is 1.48. The average molecular weight is 353 g/mol. The molecule has 5 heteroatoms. The molecule has 4 nitrogen and oxygen atoms in total. The molecule has 2 aliphatic heterocycles. The summed E-state index contributed by atoms with van der Waals surface area (Å²) in [5, 5.41) is 6.66. The van der Waals surface area contributed by atoms with Gasteiger partial charge in [0.2, 0.25) is 5.91 Å². The highest BCUT2D eigenvalue weighted by molar-refractivity contribution is 5.91. The predicted octanol–water partition coefficient (Wildman–Crippen LogP) is 4.15. The third-order valence-corrected chi connectivity index (χ3v) is 4.93. The van der Waals surface area contributed by atoms with Gasteiger partial charge in [-0.3, -0.25) is 4.79 Å². The van der Waals surface area contributed by atoms with Crippen molar-refractivity contribution in [2.24, 2.45) is 5.92 Å². The van der Waals surface area contributed by atoms with E-state index in [0.29, 0.717) is 24.4 Å². The Balaban J connectivity index is 0.00000208. The molecule has 1 aromatic carbocycles. The minimum absolute atomic E-state index is 0. The number of hydrogen-bond donors (Lipinski definition) is 2. The monoisotopic (exact) mass is 352 g/mol. The summed E-state index contributed by atoms with van der Waals surface area (Å²) in [7, 11) is 0. The number of hydrogen-bond acceptors (Lipinski definition) is 3. The average Bonchev–Trinajstić information content (AvgIpc) is 2.86. The zero-order chi connectivity index (χ0) is 16.1. The van der Waals surface area contributed by atoms with Gasteiger partial charge in [-0.2, -0.15) is 0 Å². The Kier molecular flexibility index (Phi) is 7.38. The van der Waals surface area contributed by atoms with E-state index in [4.69, 9.17) is 4.74 Å². The van der Waals surface area contributed by atoms with E-state index < -0.39 is 0 Å². The van der Waals surface area contributed by atoms with Crippen LogP contribution in [0.5, 0.6) is 5.75 Å². The Labute approximate surface area is 151 Å². The maximum Gasteiger partial charge on any atom is 0.224 e. The summed E-state index contributed by atoms with van der Waals surface area (Å²) in [6.07, 6.45) is 7.65. The predicted molar refractivity (Wildman–Crippen MR) is 100 cm³/mol. The number of piperidine rings is 1. The van der Waals surface area contributed by atoms with Gasteiger partial charge in [-0.15, -0.1) is 12.4 Å². The van der Waals surface area contributed by atoms with Gasteiger partial charge in [-0.1, -0.05) is 19.4 Å². The molecule has 0 aromatic heterocycles. The lowest BCUT2D eigenvalue weighted by atomic mass is 9.89. The second-order valence-electron chi connectivity index (χ2n) is 6.96. The summed E-state index contributed by atoms with van der Waals surface area (Å²) < 4.78 is 5.70. The first kappa shape index (κ1) is 19.1. The van der Waals surface area contributed by atoms with E-state index in [2.05, 4.69) is 17.6 Å². The van der Waals surface area contributed by atoms with Crippen LogP contribution in [0.2, 0.25) is 0 Å². The van der Waals surface area contributed by atoms with Crippen LogP contribution >= 0.6 is 12.4 Å². The van der Waals surface area contributed by atoms with E-state index in [0.717, 1.165) is 43.7 Å². The van der Waals surface area contributed by atoms with Crippen LogP contribution in [-0.2, 0) is 4.79 Å². The second kappa shape index (κ2) is 9.28. The minimum Gasteiger partial charge on any atom is -0.494 e. The van der Waals surface area contributed by atoms with Crippen LogP contribution < -0.4 is 15.4 Å². The first-order chi connectivity index (χ1) is 11.2. The van der Waals surface area contributed by atoms with E-state index in [9.17, 15) is 4.79 Å². The van der Waals surface area contributed by atoms with Crippen molar-refractivity contribution >= 4 is 24.0 Å². The van der Waals surface area contributed by atoms with Crippen molar-refractivity contribution in [2.75, 3.05) is 11.9 Å². The number of amides is 1. The van der Waals surface area contributed by atoms with Gasteiger partial charge in [-0.05, 0) is 50.2 Å². The Bertz CT molecular complexity index is 526. The number of anilines is 1. The second-order valence-corrected chi connectivity index (χ2v) is 6.96. The highest BCUT2D eigenvalue weighted by Crippen LogP contribution is 2.32. The van der Waals surface area contributed by atoms with Crippen molar-refractivity contribution in [1.82, 2.24) is 5.32 Å². The highest BCUT2D eigenvalue weighted by Gasteiger charge is 2.34. The molecule has 134 valence electrons. The molecule has 2 unspecified atom stereocenters. The van der Waals surface area contributed by atoms with Crippen molar-refractivity contribution < 1.29 is 9.53 Å². The smallest absolute Gasteiger partial charge is 0.224 e. The first-order valence-electron chi connectivity index (χ1n) is 9.01. The SMILES string of the molecule is CCCCOc1cccc(NC(=O)CC2CC3CCC(C2)N3)c1.Cl. The minimum atomic E-state index is 0. The van der Waals surface area contributed by atoms with Crippen molar-refractivity contribution in [3.63, 3.8) is 0 Å². The zero-order valence-corrected chi connectivity index (χ0v) is 15.2. The molecule has 2 N–H and O–H groups in total. The van der Waals surface area contributed by atoms with Gasteiger partial charge >= 0.3 is 0 Å². The number of carbonyl (C=O) groups excluding carboxylic acids is 1. The summed E-state index contributed by atoms with van der Waals surface area (Å²) in [6.45, 7) is 2.87. The third-order valence-electron chi connectivity index (χ3n) is 4.93. The standard InChI is InChI=1S/C19H28N2O2.ClH/c1-2-3-9-23-18-6-4-5-15(13-18)21-19(22)12-14-10-16-7-8-17(11-14)20-16;/h4-6,13-14,16-17,20H,2-3,7-12H2,1H3,(H,21,22);1H. The number of halogens is 1. The van der Waals surface area contributed by atoms with Crippen LogP contribution in [-0.4, -0.2) is 24.6 Å². The Hall–Kier alpha value is -1.26. The summed E-state index contributed by atoms with van der Waals surface area (Å²) in [4.78, 5) is 12.3. The number of ether oxygens (including phenoxy) is 1. The van der Waals surface area contributed by atoms with Crippen molar-refractivity contribution in [2.45, 2.75) is 64.0 Å². The molecule has 3 rings (SSSR count).